The van der Waals surface area contributed by atoms with Crippen LogP contribution in [0.5, 0.6) is 0 Å². The van der Waals surface area contributed by atoms with Crippen LogP contribution in [0.1, 0.15) is 11.1 Å². The highest BCUT2D eigenvalue weighted by atomic mass is 79.9. The molecule has 102 valence electrons. The SMILES string of the molecule is Cc1cccc(NCc2cn[nH]c2-c2cccs2)c1Br. The summed E-state index contributed by atoms with van der Waals surface area (Å²) in [7, 11) is 0. The van der Waals surface area contributed by atoms with Crippen molar-refractivity contribution in [2.45, 2.75) is 13.5 Å². The Hall–Kier alpha value is -1.59. The van der Waals surface area contributed by atoms with Gasteiger partial charge in [0, 0.05) is 22.3 Å². The molecule has 0 aliphatic carbocycles. The van der Waals surface area contributed by atoms with Crippen molar-refractivity contribution in [1.29, 1.82) is 0 Å². The molecule has 0 aliphatic heterocycles. The molecule has 0 aliphatic rings. The van der Waals surface area contributed by atoms with E-state index in [4.69, 9.17) is 0 Å². The van der Waals surface area contributed by atoms with Crippen LogP contribution < -0.4 is 5.32 Å². The first-order chi connectivity index (χ1) is 9.75. The Kier molecular flexibility index (Phi) is 3.89. The normalized spacial score (nSPS) is 10.7. The fraction of sp³-hybridized carbons (Fsp3) is 0.133. The predicted octanol–water partition coefficient (Wildman–Crippen LogP) is 4.82. The minimum atomic E-state index is 0.742. The molecule has 0 bridgehead atoms. The van der Waals surface area contributed by atoms with Crippen LogP contribution in [0.15, 0.2) is 46.4 Å². The first-order valence-corrected chi connectivity index (χ1v) is 7.98. The number of rotatable bonds is 4. The summed E-state index contributed by atoms with van der Waals surface area (Å²) in [6, 6.07) is 10.4. The second-order valence-electron chi connectivity index (χ2n) is 4.54. The fourth-order valence-corrected chi connectivity index (χ4v) is 3.21. The van der Waals surface area contributed by atoms with Crippen LogP contribution in [0.4, 0.5) is 5.69 Å². The molecular formula is C15H14BrN3S. The molecule has 2 N–H and O–H groups in total. The number of aromatic amines is 1. The summed E-state index contributed by atoms with van der Waals surface area (Å²) in [6.45, 7) is 2.83. The summed E-state index contributed by atoms with van der Waals surface area (Å²) in [4.78, 5) is 1.21. The van der Waals surface area contributed by atoms with Gasteiger partial charge in [0.05, 0.1) is 16.8 Å². The van der Waals surface area contributed by atoms with Crippen LogP contribution in [-0.2, 0) is 6.54 Å². The first kappa shape index (κ1) is 13.4. The third-order valence-corrected chi connectivity index (χ3v) is 5.09. The maximum Gasteiger partial charge on any atom is 0.0799 e. The van der Waals surface area contributed by atoms with E-state index in [-0.39, 0.29) is 0 Å². The molecule has 3 aromatic rings. The highest BCUT2D eigenvalue weighted by Crippen LogP contribution is 2.29. The highest BCUT2D eigenvalue weighted by Gasteiger charge is 2.09. The zero-order valence-electron chi connectivity index (χ0n) is 11.0. The van der Waals surface area contributed by atoms with E-state index in [1.807, 2.05) is 6.20 Å². The van der Waals surface area contributed by atoms with Gasteiger partial charge in [-0.2, -0.15) is 5.10 Å². The fourth-order valence-electron chi connectivity index (χ4n) is 2.05. The van der Waals surface area contributed by atoms with Crippen molar-refractivity contribution >= 4 is 33.0 Å². The van der Waals surface area contributed by atoms with Crippen molar-refractivity contribution < 1.29 is 0 Å². The van der Waals surface area contributed by atoms with E-state index < -0.39 is 0 Å². The van der Waals surface area contributed by atoms with Gasteiger partial charge in [-0.3, -0.25) is 5.10 Å². The maximum atomic E-state index is 4.16. The lowest BCUT2D eigenvalue weighted by Gasteiger charge is -2.10. The van der Waals surface area contributed by atoms with Gasteiger partial charge >= 0.3 is 0 Å². The molecule has 0 radical (unpaired) electrons. The number of anilines is 1. The van der Waals surface area contributed by atoms with Gasteiger partial charge in [-0.25, -0.2) is 0 Å². The Morgan fingerprint density at radius 1 is 1.30 bits per heavy atom. The number of hydrogen-bond donors (Lipinski definition) is 2. The van der Waals surface area contributed by atoms with Crippen molar-refractivity contribution in [2.75, 3.05) is 5.32 Å². The van der Waals surface area contributed by atoms with Gasteiger partial charge in [-0.05, 0) is 45.9 Å². The summed E-state index contributed by atoms with van der Waals surface area (Å²) in [5.41, 5.74) is 4.58. The number of aryl methyl sites for hydroxylation is 1. The number of nitrogens with zero attached hydrogens (tertiary/aromatic N) is 1. The van der Waals surface area contributed by atoms with E-state index in [1.165, 1.54) is 16.0 Å². The summed E-state index contributed by atoms with van der Waals surface area (Å²) >= 11 is 5.33. The third kappa shape index (κ3) is 2.64. The van der Waals surface area contributed by atoms with Crippen molar-refractivity contribution in [2.24, 2.45) is 0 Å². The van der Waals surface area contributed by atoms with E-state index >= 15 is 0 Å². The smallest absolute Gasteiger partial charge is 0.0799 e. The van der Waals surface area contributed by atoms with Gasteiger partial charge in [-0.1, -0.05) is 18.2 Å². The van der Waals surface area contributed by atoms with E-state index in [2.05, 4.69) is 74.1 Å². The maximum absolute atomic E-state index is 4.16. The Morgan fingerprint density at radius 3 is 3.00 bits per heavy atom. The molecule has 0 spiro atoms. The Labute approximate surface area is 130 Å². The van der Waals surface area contributed by atoms with E-state index in [1.54, 1.807) is 11.3 Å². The summed E-state index contributed by atoms with van der Waals surface area (Å²) in [5.74, 6) is 0. The van der Waals surface area contributed by atoms with Crippen LogP contribution in [0.3, 0.4) is 0 Å². The molecule has 0 atom stereocenters. The Bertz CT molecular complexity index is 704. The molecule has 1 aromatic carbocycles. The van der Waals surface area contributed by atoms with Gasteiger partial charge < -0.3 is 5.32 Å². The molecule has 0 fully saturated rings. The zero-order valence-corrected chi connectivity index (χ0v) is 13.4. The minimum Gasteiger partial charge on any atom is -0.380 e. The third-order valence-electron chi connectivity index (χ3n) is 3.15. The van der Waals surface area contributed by atoms with Gasteiger partial charge in [0.2, 0.25) is 0 Å². The monoisotopic (exact) mass is 347 g/mol. The zero-order chi connectivity index (χ0) is 13.9. The average molecular weight is 348 g/mol. The van der Waals surface area contributed by atoms with Gasteiger partial charge in [0.15, 0.2) is 0 Å². The van der Waals surface area contributed by atoms with E-state index in [9.17, 15) is 0 Å². The molecule has 0 unspecified atom stereocenters. The summed E-state index contributed by atoms with van der Waals surface area (Å²) in [5, 5.41) is 12.8. The number of aromatic nitrogens is 2. The van der Waals surface area contributed by atoms with E-state index in [0.717, 1.165) is 22.4 Å². The highest BCUT2D eigenvalue weighted by molar-refractivity contribution is 9.10. The van der Waals surface area contributed by atoms with Crippen molar-refractivity contribution in [3.63, 3.8) is 0 Å². The predicted molar refractivity (Wildman–Crippen MR) is 88.1 cm³/mol. The van der Waals surface area contributed by atoms with Crippen molar-refractivity contribution in [1.82, 2.24) is 10.2 Å². The van der Waals surface area contributed by atoms with Crippen LogP contribution in [0.25, 0.3) is 10.6 Å². The lowest BCUT2D eigenvalue weighted by molar-refractivity contribution is 1.10. The number of benzene rings is 1. The van der Waals surface area contributed by atoms with Crippen LogP contribution in [-0.4, -0.2) is 10.2 Å². The molecule has 2 aromatic heterocycles. The number of halogens is 1. The Balaban J connectivity index is 1.80. The van der Waals surface area contributed by atoms with Crippen molar-refractivity contribution in [3.8, 4) is 10.6 Å². The standard InChI is InChI=1S/C15H14BrN3S/c1-10-4-2-5-12(14(10)16)17-8-11-9-18-19-15(11)13-6-3-7-20-13/h2-7,9,17H,8H2,1H3,(H,18,19). The lowest BCUT2D eigenvalue weighted by atomic mass is 10.2. The number of nitrogens with one attached hydrogen (secondary N) is 2. The van der Waals surface area contributed by atoms with Crippen molar-refractivity contribution in [3.05, 3.63) is 57.5 Å². The second-order valence-corrected chi connectivity index (χ2v) is 6.28. The van der Waals surface area contributed by atoms with Gasteiger partial charge in [-0.15, -0.1) is 11.3 Å². The number of hydrogen-bond acceptors (Lipinski definition) is 3. The molecule has 5 heteroatoms. The molecule has 0 amide bonds. The first-order valence-electron chi connectivity index (χ1n) is 6.31. The molecule has 0 saturated heterocycles. The van der Waals surface area contributed by atoms with Gasteiger partial charge in [0.1, 0.15) is 0 Å². The quantitative estimate of drug-likeness (QED) is 0.710. The molecular weight excluding hydrogens is 334 g/mol. The molecule has 3 nitrogen and oxygen atoms in total. The largest absolute Gasteiger partial charge is 0.380 e. The summed E-state index contributed by atoms with van der Waals surface area (Å²) < 4.78 is 1.11. The molecule has 2 heterocycles. The van der Waals surface area contributed by atoms with Crippen LogP contribution in [0, 0.1) is 6.92 Å². The number of H-pyrrole nitrogens is 1. The number of thiophene rings is 1. The topological polar surface area (TPSA) is 40.7 Å². The minimum absolute atomic E-state index is 0.742. The van der Waals surface area contributed by atoms with Crippen LogP contribution in [0.2, 0.25) is 0 Å². The summed E-state index contributed by atoms with van der Waals surface area (Å²) in [6.07, 6.45) is 1.88. The Morgan fingerprint density at radius 2 is 2.20 bits per heavy atom. The second kappa shape index (κ2) is 5.81. The average Bonchev–Trinajstić information content (AvgIpc) is 3.10. The van der Waals surface area contributed by atoms with E-state index in [0.29, 0.717) is 0 Å². The molecule has 0 saturated carbocycles. The lowest BCUT2D eigenvalue weighted by Crippen LogP contribution is -2.00. The van der Waals surface area contributed by atoms with Gasteiger partial charge in [0.25, 0.3) is 0 Å². The molecule has 20 heavy (non-hydrogen) atoms. The molecule has 3 rings (SSSR count). The van der Waals surface area contributed by atoms with Crippen LogP contribution >= 0.6 is 27.3 Å².